The number of hydrogen-bond acceptors (Lipinski definition) is 4. The number of ether oxygens (including phenoxy) is 1. The van der Waals surface area contributed by atoms with Gasteiger partial charge in [-0.2, -0.15) is 5.10 Å². The molecule has 2 rings (SSSR count). The molecule has 2 heterocycles. The predicted molar refractivity (Wildman–Crippen MR) is 101 cm³/mol. The van der Waals surface area contributed by atoms with E-state index in [4.69, 9.17) is 4.74 Å². The van der Waals surface area contributed by atoms with E-state index in [0.717, 1.165) is 38.0 Å². The van der Waals surface area contributed by atoms with Crippen LogP contribution in [-0.2, 0) is 14.9 Å². The number of esters is 1. The minimum Gasteiger partial charge on any atom is -0.461 e. The van der Waals surface area contributed by atoms with Gasteiger partial charge in [-0.15, -0.1) is 6.58 Å². The molecule has 0 spiro atoms. The van der Waals surface area contributed by atoms with Crippen LogP contribution >= 0.6 is 0 Å². The summed E-state index contributed by atoms with van der Waals surface area (Å²) in [7, 11) is 0. The Morgan fingerprint density at radius 2 is 2.00 bits per heavy atom. The van der Waals surface area contributed by atoms with Crippen LogP contribution in [0.1, 0.15) is 75.6 Å². The van der Waals surface area contributed by atoms with Crippen molar-refractivity contribution in [3.63, 3.8) is 0 Å². The molecule has 0 N–H and O–H groups in total. The van der Waals surface area contributed by atoms with E-state index >= 15 is 0 Å². The minimum absolute atomic E-state index is 0.130. The number of hydrogen-bond donors (Lipinski definition) is 0. The summed E-state index contributed by atoms with van der Waals surface area (Å²) in [5, 5.41) is 4.56. The normalized spacial score (nSPS) is 15.8. The van der Waals surface area contributed by atoms with E-state index < -0.39 is 0 Å². The molecule has 0 atom stereocenters. The Morgan fingerprint density at radius 1 is 1.35 bits per heavy atom. The number of likely N-dealkylation sites (tertiary alicyclic amines) is 1. The Kier molecular flexibility index (Phi) is 6.62. The van der Waals surface area contributed by atoms with Crippen molar-refractivity contribution in [2.24, 2.45) is 0 Å². The van der Waals surface area contributed by atoms with Gasteiger partial charge in [-0.1, -0.05) is 26.8 Å². The molecular formula is C20H31N3O3. The Labute approximate surface area is 156 Å². The van der Waals surface area contributed by atoms with Crippen molar-refractivity contribution < 1.29 is 14.3 Å². The average Bonchev–Trinajstić information content (AvgIpc) is 3.06. The van der Waals surface area contributed by atoms with E-state index in [0.29, 0.717) is 18.7 Å². The van der Waals surface area contributed by atoms with Gasteiger partial charge in [0, 0.05) is 30.6 Å². The second-order valence-electron chi connectivity index (χ2n) is 7.77. The SMILES string of the molecule is C=CCCC(=O)N1CCC(n2nc(C(=O)OCC)cc2C(C)(C)C)CC1. The lowest BCUT2D eigenvalue weighted by atomic mass is 9.91. The van der Waals surface area contributed by atoms with Gasteiger partial charge < -0.3 is 9.64 Å². The molecule has 0 saturated carbocycles. The molecule has 0 bridgehead atoms. The summed E-state index contributed by atoms with van der Waals surface area (Å²) in [4.78, 5) is 26.2. The fourth-order valence-electron chi connectivity index (χ4n) is 3.28. The summed E-state index contributed by atoms with van der Waals surface area (Å²) >= 11 is 0. The fraction of sp³-hybridized carbons (Fsp3) is 0.650. The highest BCUT2D eigenvalue weighted by molar-refractivity contribution is 5.87. The summed E-state index contributed by atoms with van der Waals surface area (Å²) in [5.41, 5.74) is 1.26. The standard InChI is InChI=1S/C20H31N3O3/c1-6-8-9-18(24)22-12-10-15(11-13-22)23-17(20(3,4)5)14-16(21-23)19(25)26-7-2/h6,14-15H,1,7-13H2,2-5H3. The summed E-state index contributed by atoms with van der Waals surface area (Å²) < 4.78 is 7.09. The summed E-state index contributed by atoms with van der Waals surface area (Å²) in [6.07, 6.45) is 4.70. The topological polar surface area (TPSA) is 64.4 Å². The molecule has 0 aliphatic carbocycles. The lowest BCUT2D eigenvalue weighted by Crippen LogP contribution is -2.39. The first-order valence-electron chi connectivity index (χ1n) is 9.43. The third-order valence-corrected chi connectivity index (χ3v) is 4.71. The largest absolute Gasteiger partial charge is 0.461 e. The second-order valence-corrected chi connectivity index (χ2v) is 7.77. The molecule has 1 aliphatic heterocycles. The summed E-state index contributed by atoms with van der Waals surface area (Å²) in [5.74, 6) is -0.194. The van der Waals surface area contributed by atoms with Gasteiger partial charge in [0.25, 0.3) is 0 Å². The van der Waals surface area contributed by atoms with E-state index in [-0.39, 0.29) is 23.3 Å². The van der Waals surface area contributed by atoms with Gasteiger partial charge in [0.15, 0.2) is 5.69 Å². The van der Waals surface area contributed by atoms with Crippen molar-refractivity contribution in [1.29, 1.82) is 0 Å². The van der Waals surface area contributed by atoms with Crippen LogP contribution in [0.15, 0.2) is 18.7 Å². The molecule has 1 aliphatic rings. The van der Waals surface area contributed by atoms with Crippen molar-refractivity contribution in [3.8, 4) is 0 Å². The summed E-state index contributed by atoms with van der Waals surface area (Å²) in [6, 6.07) is 2.04. The molecule has 1 aromatic heterocycles. The van der Waals surface area contributed by atoms with Crippen LogP contribution in [0.4, 0.5) is 0 Å². The van der Waals surface area contributed by atoms with E-state index in [2.05, 4.69) is 32.4 Å². The average molecular weight is 361 g/mol. The molecule has 6 heteroatoms. The summed E-state index contributed by atoms with van der Waals surface area (Å²) in [6.45, 7) is 13.6. The fourth-order valence-corrected chi connectivity index (χ4v) is 3.28. The maximum Gasteiger partial charge on any atom is 0.358 e. The monoisotopic (exact) mass is 361 g/mol. The van der Waals surface area contributed by atoms with Crippen molar-refractivity contribution in [3.05, 3.63) is 30.1 Å². The number of carbonyl (C=O) groups excluding carboxylic acids is 2. The molecule has 1 aromatic rings. The van der Waals surface area contributed by atoms with Gasteiger partial charge in [0.2, 0.25) is 5.91 Å². The number of nitrogens with zero attached hydrogens (tertiary/aromatic N) is 3. The van der Waals surface area contributed by atoms with Crippen molar-refractivity contribution in [2.45, 2.75) is 64.8 Å². The molecule has 6 nitrogen and oxygen atoms in total. The van der Waals surface area contributed by atoms with Gasteiger partial charge >= 0.3 is 5.97 Å². The first-order chi connectivity index (χ1) is 12.3. The second kappa shape index (κ2) is 8.52. The van der Waals surface area contributed by atoms with Gasteiger partial charge in [0.1, 0.15) is 0 Å². The first kappa shape index (κ1) is 20.2. The van der Waals surface area contributed by atoms with Crippen LogP contribution in [0.5, 0.6) is 0 Å². The Morgan fingerprint density at radius 3 is 2.54 bits per heavy atom. The van der Waals surface area contributed by atoms with Gasteiger partial charge in [-0.3, -0.25) is 9.48 Å². The van der Waals surface area contributed by atoms with Crippen LogP contribution < -0.4 is 0 Å². The van der Waals surface area contributed by atoms with Gasteiger partial charge in [-0.05, 0) is 32.3 Å². The van der Waals surface area contributed by atoms with Crippen molar-refractivity contribution in [1.82, 2.24) is 14.7 Å². The third-order valence-electron chi connectivity index (χ3n) is 4.71. The molecule has 26 heavy (non-hydrogen) atoms. The number of piperidine rings is 1. The van der Waals surface area contributed by atoms with Crippen LogP contribution in [0.25, 0.3) is 0 Å². The number of aromatic nitrogens is 2. The van der Waals surface area contributed by atoms with E-state index in [1.54, 1.807) is 13.0 Å². The molecule has 1 saturated heterocycles. The van der Waals surface area contributed by atoms with Gasteiger partial charge in [0.05, 0.1) is 12.6 Å². The molecule has 0 radical (unpaired) electrons. The maximum atomic E-state index is 12.2. The smallest absolute Gasteiger partial charge is 0.358 e. The highest BCUT2D eigenvalue weighted by atomic mass is 16.5. The number of amides is 1. The van der Waals surface area contributed by atoms with Crippen LogP contribution in [0.3, 0.4) is 0 Å². The van der Waals surface area contributed by atoms with Crippen LogP contribution in [0, 0.1) is 0 Å². The minimum atomic E-state index is -0.381. The maximum absolute atomic E-state index is 12.2. The Balaban J connectivity index is 2.14. The number of rotatable bonds is 6. The van der Waals surface area contributed by atoms with Crippen molar-refractivity contribution >= 4 is 11.9 Å². The highest BCUT2D eigenvalue weighted by Gasteiger charge is 2.30. The number of carbonyl (C=O) groups is 2. The zero-order valence-corrected chi connectivity index (χ0v) is 16.5. The van der Waals surface area contributed by atoms with E-state index in [1.807, 2.05) is 15.6 Å². The molecule has 144 valence electrons. The molecular weight excluding hydrogens is 330 g/mol. The Bertz CT molecular complexity index is 650. The molecule has 0 aromatic carbocycles. The first-order valence-corrected chi connectivity index (χ1v) is 9.43. The highest BCUT2D eigenvalue weighted by Crippen LogP contribution is 2.30. The van der Waals surface area contributed by atoms with Crippen molar-refractivity contribution in [2.75, 3.05) is 19.7 Å². The zero-order valence-electron chi connectivity index (χ0n) is 16.5. The lowest BCUT2D eigenvalue weighted by molar-refractivity contribution is -0.132. The quantitative estimate of drug-likeness (QED) is 0.575. The predicted octanol–water partition coefficient (Wildman–Crippen LogP) is 3.49. The van der Waals surface area contributed by atoms with Crippen LogP contribution in [0.2, 0.25) is 0 Å². The molecule has 1 amide bonds. The molecule has 1 fully saturated rings. The zero-order chi connectivity index (χ0) is 19.3. The number of allylic oxidation sites excluding steroid dienone is 1. The Hall–Kier alpha value is -2.11. The lowest BCUT2D eigenvalue weighted by Gasteiger charge is -2.34. The molecule has 0 unspecified atom stereocenters. The van der Waals surface area contributed by atoms with E-state index in [9.17, 15) is 9.59 Å². The van der Waals surface area contributed by atoms with Gasteiger partial charge in [-0.25, -0.2) is 4.79 Å². The third kappa shape index (κ3) is 4.74. The van der Waals surface area contributed by atoms with Crippen LogP contribution in [-0.4, -0.2) is 46.3 Å². The van der Waals surface area contributed by atoms with E-state index in [1.165, 1.54) is 0 Å².